The van der Waals surface area contributed by atoms with Gasteiger partial charge in [-0.3, -0.25) is 0 Å². The molecule has 0 amide bonds. The molecule has 0 spiro atoms. The van der Waals surface area contributed by atoms with Gasteiger partial charge in [-0.15, -0.1) is 12.3 Å². The SMILES string of the molecule is C#CCCC1C2CCC3=CC(=C)CCC3(C)C2=CCC1(C)C. The molecule has 0 saturated heterocycles. The minimum atomic E-state index is 0.301. The fraction of sp³-hybridized carbons (Fsp3) is 0.636. The van der Waals surface area contributed by atoms with Gasteiger partial charge in [0, 0.05) is 11.8 Å². The van der Waals surface area contributed by atoms with Crippen molar-refractivity contribution >= 4 is 0 Å². The number of terminal acetylenes is 1. The summed E-state index contributed by atoms with van der Waals surface area (Å²) in [6, 6.07) is 0. The van der Waals surface area contributed by atoms with Gasteiger partial charge in [0.2, 0.25) is 0 Å². The van der Waals surface area contributed by atoms with E-state index in [9.17, 15) is 0 Å². The first-order chi connectivity index (χ1) is 10.4. The molecule has 3 unspecified atom stereocenters. The third-order valence-electron chi connectivity index (χ3n) is 6.73. The van der Waals surface area contributed by atoms with Crippen molar-refractivity contribution in [2.45, 2.75) is 65.7 Å². The Balaban J connectivity index is 1.98. The van der Waals surface area contributed by atoms with E-state index in [1.54, 1.807) is 11.1 Å². The normalized spacial score (nSPS) is 36.5. The molecule has 0 heterocycles. The van der Waals surface area contributed by atoms with Crippen molar-refractivity contribution in [1.29, 1.82) is 0 Å². The molecule has 3 atom stereocenters. The van der Waals surface area contributed by atoms with Crippen LogP contribution in [0.5, 0.6) is 0 Å². The Kier molecular flexibility index (Phi) is 3.88. The van der Waals surface area contributed by atoms with E-state index in [1.165, 1.54) is 37.7 Å². The molecule has 0 aliphatic heterocycles. The van der Waals surface area contributed by atoms with E-state index in [4.69, 9.17) is 6.42 Å². The molecule has 118 valence electrons. The summed E-state index contributed by atoms with van der Waals surface area (Å²) < 4.78 is 0. The topological polar surface area (TPSA) is 0 Å². The molecule has 0 heteroatoms. The molecule has 0 aromatic rings. The summed E-state index contributed by atoms with van der Waals surface area (Å²) in [7, 11) is 0. The number of hydrogen-bond donors (Lipinski definition) is 0. The smallest absolute Gasteiger partial charge is 0.0101 e. The lowest BCUT2D eigenvalue weighted by Gasteiger charge is -2.54. The predicted molar refractivity (Wildman–Crippen MR) is 95.3 cm³/mol. The Morgan fingerprint density at radius 1 is 1.32 bits per heavy atom. The second-order valence-electron chi connectivity index (χ2n) is 8.51. The van der Waals surface area contributed by atoms with Gasteiger partial charge in [0.05, 0.1) is 0 Å². The van der Waals surface area contributed by atoms with Crippen LogP contribution in [0, 0.1) is 35.0 Å². The van der Waals surface area contributed by atoms with Crippen molar-refractivity contribution in [3.05, 3.63) is 35.5 Å². The molecule has 0 N–H and O–H groups in total. The first-order valence-corrected chi connectivity index (χ1v) is 8.91. The van der Waals surface area contributed by atoms with Crippen molar-refractivity contribution in [2.75, 3.05) is 0 Å². The second-order valence-corrected chi connectivity index (χ2v) is 8.51. The Hall–Kier alpha value is -1.22. The Morgan fingerprint density at radius 2 is 2.09 bits per heavy atom. The van der Waals surface area contributed by atoms with Crippen molar-refractivity contribution in [1.82, 2.24) is 0 Å². The first-order valence-electron chi connectivity index (χ1n) is 8.91. The van der Waals surface area contributed by atoms with Crippen LogP contribution in [-0.2, 0) is 0 Å². The van der Waals surface area contributed by atoms with Gasteiger partial charge in [-0.25, -0.2) is 0 Å². The molecule has 0 radical (unpaired) electrons. The summed E-state index contributed by atoms with van der Waals surface area (Å²) in [5.74, 6) is 4.36. The molecule has 1 saturated carbocycles. The minimum Gasteiger partial charge on any atom is -0.120 e. The first kappa shape index (κ1) is 15.7. The molecule has 1 fully saturated rings. The molecule has 0 bridgehead atoms. The van der Waals surface area contributed by atoms with E-state index < -0.39 is 0 Å². The van der Waals surface area contributed by atoms with Gasteiger partial charge in [-0.05, 0) is 55.8 Å². The van der Waals surface area contributed by atoms with Gasteiger partial charge in [-0.2, -0.15) is 0 Å². The quantitative estimate of drug-likeness (QED) is 0.428. The third kappa shape index (κ3) is 2.40. The molecule has 3 aliphatic carbocycles. The summed E-state index contributed by atoms with van der Waals surface area (Å²) >= 11 is 0. The molecular weight excluding hydrogens is 264 g/mol. The van der Waals surface area contributed by atoms with Gasteiger partial charge in [0.1, 0.15) is 0 Å². The van der Waals surface area contributed by atoms with Crippen LogP contribution >= 0.6 is 0 Å². The summed E-state index contributed by atoms with van der Waals surface area (Å²) in [5.41, 5.74) is 5.39. The van der Waals surface area contributed by atoms with Crippen LogP contribution in [-0.4, -0.2) is 0 Å². The van der Waals surface area contributed by atoms with E-state index in [2.05, 4.69) is 45.4 Å². The zero-order valence-electron chi connectivity index (χ0n) is 14.5. The van der Waals surface area contributed by atoms with E-state index in [0.29, 0.717) is 10.8 Å². The molecule has 3 rings (SSSR count). The number of hydrogen-bond acceptors (Lipinski definition) is 0. The van der Waals surface area contributed by atoms with E-state index in [1.807, 2.05) is 0 Å². The van der Waals surface area contributed by atoms with Gasteiger partial charge >= 0.3 is 0 Å². The highest BCUT2D eigenvalue weighted by atomic mass is 14.5. The monoisotopic (exact) mass is 294 g/mol. The summed E-state index contributed by atoms with van der Waals surface area (Å²) in [6.07, 6.45) is 18.8. The fourth-order valence-electron chi connectivity index (χ4n) is 5.30. The Bertz CT molecular complexity index is 578. The highest BCUT2D eigenvalue weighted by Crippen LogP contribution is 2.60. The van der Waals surface area contributed by atoms with Crippen molar-refractivity contribution < 1.29 is 0 Å². The number of fused-ring (bicyclic) bond motifs is 3. The third-order valence-corrected chi connectivity index (χ3v) is 6.73. The summed E-state index contributed by atoms with van der Waals surface area (Å²) in [4.78, 5) is 0. The average Bonchev–Trinajstić information content (AvgIpc) is 2.46. The predicted octanol–water partition coefficient (Wildman–Crippen LogP) is 6.07. The van der Waals surface area contributed by atoms with Crippen LogP contribution in [0.15, 0.2) is 35.5 Å². The molecular formula is C22H30. The van der Waals surface area contributed by atoms with Crippen molar-refractivity contribution in [3.8, 4) is 12.3 Å². The average molecular weight is 294 g/mol. The standard InChI is InChI=1S/C22H30/c1-6-7-8-19-18-10-9-17-15-16(2)11-14-22(17,5)20(18)12-13-21(19,3)4/h1,12,15,18-19H,2,7-11,13-14H2,3-5H3. The van der Waals surface area contributed by atoms with Crippen molar-refractivity contribution in [2.24, 2.45) is 22.7 Å². The Labute approximate surface area is 136 Å². The molecule has 0 nitrogen and oxygen atoms in total. The van der Waals surface area contributed by atoms with Crippen LogP contribution < -0.4 is 0 Å². The van der Waals surface area contributed by atoms with Gasteiger partial charge in [0.25, 0.3) is 0 Å². The van der Waals surface area contributed by atoms with Crippen LogP contribution in [0.1, 0.15) is 65.7 Å². The highest BCUT2D eigenvalue weighted by molar-refractivity contribution is 5.42. The van der Waals surface area contributed by atoms with Crippen LogP contribution in [0.4, 0.5) is 0 Å². The maximum absolute atomic E-state index is 5.57. The second kappa shape index (κ2) is 5.45. The number of rotatable bonds is 2. The zero-order valence-corrected chi connectivity index (χ0v) is 14.5. The molecule has 0 aromatic carbocycles. The minimum absolute atomic E-state index is 0.301. The zero-order chi connectivity index (χ0) is 16.0. The van der Waals surface area contributed by atoms with E-state index in [0.717, 1.165) is 24.7 Å². The van der Waals surface area contributed by atoms with E-state index >= 15 is 0 Å². The largest absolute Gasteiger partial charge is 0.120 e. The summed E-state index contributed by atoms with van der Waals surface area (Å²) in [5, 5.41) is 0. The van der Waals surface area contributed by atoms with Crippen molar-refractivity contribution in [3.63, 3.8) is 0 Å². The fourth-order valence-corrected chi connectivity index (χ4v) is 5.30. The molecule has 22 heavy (non-hydrogen) atoms. The Morgan fingerprint density at radius 3 is 2.82 bits per heavy atom. The maximum atomic E-state index is 5.57. The summed E-state index contributed by atoms with van der Waals surface area (Å²) in [6.45, 7) is 11.6. The lowest BCUT2D eigenvalue weighted by atomic mass is 9.51. The molecule has 0 aromatic heterocycles. The maximum Gasteiger partial charge on any atom is 0.0101 e. The van der Waals surface area contributed by atoms with Gasteiger partial charge < -0.3 is 0 Å². The van der Waals surface area contributed by atoms with Crippen LogP contribution in [0.3, 0.4) is 0 Å². The van der Waals surface area contributed by atoms with Gasteiger partial charge in [-0.1, -0.05) is 56.2 Å². The molecule has 3 aliphatic rings. The van der Waals surface area contributed by atoms with E-state index in [-0.39, 0.29) is 0 Å². The lowest BCUT2D eigenvalue weighted by molar-refractivity contribution is 0.100. The number of allylic oxidation sites excluding steroid dienone is 5. The van der Waals surface area contributed by atoms with Crippen LogP contribution in [0.25, 0.3) is 0 Å². The highest BCUT2D eigenvalue weighted by Gasteiger charge is 2.49. The van der Waals surface area contributed by atoms with Crippen LogP contribution in [0.2, 0.25) is 0 Å². The lowest BCUT2D eigenvalue weighted by Crippen LogP contribution is -2.43. The van der Waals surface area contributed by atoms with Gasteiger partial charge in [0.15, 0.2) is 0 Å².